The third-order valence-electron chi connectivity index (χ3n) is 3.02. The summed E-state index contributed by atoms with van der Waals surface area (Å²) in [6, 6.07) is 5.37. The minimum absolute atomic E-state index is 0.397. The summed E-state index contributed by atoms with van der Waals surface area (Å²) in [7, 11) is 1.36. The molecule has 18 heavy (non-hydrogen) atoms. The molecule has 0 aromatic heterocycles. The minimum atomic E-state index is -0.397. The lowest BCUT2D eigenvalue weighted by atomic mass is 10.1. The second-order valence-corrected chi connectivity index (χ2v) is 5.72. The van der Waals surface area contributed by atoms with Gasteiger partial charge in [-0.05, 0) is 36.8 Å². The first-order valence-corrected chi connectivity index (χ1v) is 7.09. The number of rotatable bonds is 4. The van der Waals surface area contributed by atoms with Crippen LogP contribution < -0.4 is 11.1 Å². The lowest BCUT2D eigenvalue weighted by Gasteiger charge is -2.13. The number of methoxy groups -OCH3 is 1. The average molecular weight is 266 g/mol. The zero-order chi connectivity index (χ0) is 13.0. The number of benzene rings is 1. The highest BCUT2D eigenvalue weighted by molar-refractivity contribution is 8.00. The number of thioether (sulfide) groups is 1. The second kappa shape index (κ2) is 6.00. The predicted molar refractivity (Wildman–Crippen MR) is 76.2 cm³/mol. The summed E-state index contributed by atoms with van der Waals surface area (Å²) in [6.07, 6.45) is 2.56. The van der Waals surface area contributed by atoms with Gasteiger partial charge in [-0.15, -0.1) is 0 Å². The number of ether oxygens (including phenoxy) is 1. The van der Waals surface area contributed by atoms with Gasteiger partial charge in [0.2, 0.25) is 0 Å². The highest BCUT2D eigenvalue weighted by Gasteiger charge is 2.15. The summed E-state index contributed by atoms with van der Waals surface area (Å²) >= 11 is 2.00. The largest absolute Gasteiger partial charge is 0.465 e. The van der Waals surface area contributed by atoms with E-state index in [1.807, 2.05) is 17.8 Å². The third kappa shape index (κ3) is 3.10. The van der Waals surface area contributed by atoms with Gasteiger partial charge in [0.05, 0.1) is 12.7 Å². The topological polar surface area (TPSA) is 64.3 Å². The van der Waals surface area contributed by atoms with Crippen LogP contribution in [0.5, 0.6) is 0 Å². The number of anilines is 2. The van der Waals surface area contributed by atoms with Gasteiger partial charge in [-0.2, -0.15) is 11.8 Å². The van der Waals surface area contributed by atoms with Gasteiger partial charge in [0.25, 0.3) is 0 Å². The maximum absolute atomic E-state index is 11.5. The molecule has 1 aliphatic rings. The molecule has 1 aliphatic heterocycles. The predicted octanol–water partition coefficient (Wildman–Crippen LogP) is 2.36. The number of hydrogen-bond donors (Lipinski definition) is 2. The summed E-state index contributed by atoms with van der Waals surface area (Å²) in [5, 5.41) is 4.02. The van der Waals surface area contributed by atoms with E-state index in [0.717, 1.165) is 12.2 Å². The lowest BCUT2D eigenvalue weighted by Crippen LogP contribution is -2.14. The quantitative estimate of drug-likeness (QED) is 0.647. The molecule has 0 radical (unpaired) electrons. The molecule has 1 aromatic rings. The van der Waals surface area contributed by atoms with Crippen molar-refractivity contribution in [3.8, 4) is 0 Å². The first-order chi connectivity index (χ1) is 8.70. The average Bonchev–Trinajstić information content (AvgIpc) is 2.90. The van der Waals surface area contributed by atoms with Crippen LogP contribution in [0.3, 0.4) is 0 Å². The normalized spacial score (nSPS) is 18.6. The fraction of sp³-hybridized carbons (Fsp3) is 0.462. The summed E-state index contributed by atoms with van der Waals surface area (Å²) in [5.41, 5.74) is 7.53. The van der Waals surface area contributed by atoms with Gasteiger partial charge in [-0.1, -0.05) is 0 Å². The number of carbonyl (C=O) groups excluding carboxylic acids is 1. The van der Waals surface area contributed by atoms with Crippen molar-refractivity contribution in [1.29, 1.82) is 0 Å². The second-order valence-electron chi connectivity index (χ2n) is 4.31. The van der Waals surface area contributed by atoms with E-state index in [1.165, 1.54) is 25.7 Å². The van der Waals surface area contributed by atoms with Gasteiger partial charge in [0.1, 0.15) is 0 Å². The third-order valence-corrected chi connectivity index (χ3v) is 4.41. The van der Waals surface area contributed by atoms with Crippen LogP contribution in [-0.4, -0.2) is 30.6 Å². The Morgan fingerprint density at radius 2 is 2.44 bits per heavy atom. The molecule has 1 saturated heterocycles. The summed E-state index contributed by atoms with van der Waals surface area (Å²) in [5.74, 6) is 0.855. The van der Waals surface area contributed by atoms with Gasteiger partial charge in [0.15, 0.2) is 0 Å². The Labute approximate surface area is 111 Å². The van der Waals surface area contributed by atoms with Gasteiger partial charge < -0.3 is 15.8 Å². The molecular weight excluding hydrogens is 248 g/mol. The van der Waals surface area contributed by atoms with Crippen LogP contribution in [0.2, 0.25) is 0 Å². The van der Waals surface area contributed by atoms with Gasteiger partial charge in [0, 0.05) is 23.2 Å². The molecular formula is C13H18N2O2S. The van der Waals surface area contributed by atoms with E-state index in [4.69, 9.17) is 10.5 Å². The van der Waals surface area contributed by atoms with E-state index < -0.39 is 5.97 Å². The van der Waals surface area contributed by atoms with Crippen LogP contribution in [-0.2, 0) is 4.74 Å². The molecule has 1 fully saturated rings. The number of esters is 1. The maximum atomic E-state index is 11.5. The number of nitrogen functional groups attached to an aromatic ring is 1. The first-order valence-electron chi connectivity index (χ1n) is 6.04. The van der Waals surface area contributed by atoms with Crippen molar-refractivity contribution >= 4 is 29.1 Å². The van der Waals surface area contributed by atoms with Crippen LogP contribution in [0.15, 0.2) is 18.2 Å². The van der Waals surface area contributed by atoms with Crippen molar-refractivity contribution in [2.45, 2.75) is 18.1 Å². The number of hydrogen-bond acceptors (Lipinski definition) is 5. The van der Waals surface area contributed by atoms with Crippen LogP contribution in [0.1, 0.15) is 23.2 Å². The molecule has 5 heteroatoms. The van der Waals surface area contributed by atoms with E-state index >= 15 is 0 Å². The van der Waals surface area contributed by atoms with Crippen LogP contribution >= 0.6 is 11.8 Å². The molecule has 2 rings (SSSR count). The molecule has 98 valence electrons. The zero-order valence-corrected chi connectivity index (χ0v) is 11.3. The molecule has 1 aromatic carbocycles. The van der Waals surface area contributed by atoms with E-state index in [1.54, 1.807) is 12.1 Å². The van der Waals surface area contributed by atoms with E-state index in [2.05, 4.69) is 5.32 Å². The van der Waals surface area contributed by atoms with E-state index in [-0.39, 0.29) is 0 Å². The molecule has 0 spiro atoms. The Hall–Kier alpha value is -1.36. The highest BCUT2D eigenvalue weighted by Crippen LogP contribution is 2.26. The Bertz CT molecular complexity index is 431. The van der Waals surface area contributed by atoms with E-state index in [9.17, 15) is 4.79 Å². The van der Waals surface area contributed by atoms with Crippen LogP contribution in [0, 0.1) is 0 Å². The van der Waals surface area contributed by atoms with Crippen LogP contribution in [0.4, 0.5) is 11.4 Å². The Kier molecular flexibility index (Phi) is 4.36. The molecule has 1 heterocycles. The highest BCUT2D eigenvalue weighted by atomic mass is 32.2. The smallest absolute Gasteiger partial charge is 0.340 e. The molecule has 0 aliphatic carbocycles. The van der Waals surface area contributed by atoms with Crippen LogP contribution in [0.25, 0.3) is 0 Å². The molecule has 4 nitrogen and oxygen atoms in total. The van der Waals surface area contributed by atoms with Gasteiger partial charge in [-0.3, -0.25) is 0 Å². The van der Waals surface area contributed by atoms with Gasteiger partial charge >= 0.3 is 5.97 Å². The maximum Gasteiger partial charge on any atom is 0.340 e. The summed E-state index contributed by atoms with van der Waals surface area (Å²) in [4.78, 5) is 11.5. The van der Waals surface area contributed by atoms with Gasteiger partial charge in [-0.25, -0.2) is 4.79 Å². The Balaban J connectivity index is 2.02. The molecule has 0 saturated carbocycles. The van der Waals surface area contributed by atoms with Crippen molar-refractivity contribution < 1.29 is 9.53 Å². The first kappa shape index (κ1) is 13.1. The molecule has 1 atom stereocenters. The van der Waals surface area contributed by atoms with Crippen molar-refractivity contribution in [1.82, 2.24) is 0 Å². The summed E-state index contributed by atoms with van der Waals surface area (Å²) < 4.78 is 4.70. The Morgan fingerprint density at radius 1 is 1.61 bits per heavy atom. The molecule has 1 unspecified atom stereocenters. The molecule has 0 amide bonds. The Morgan fingerprint density at radius 3 is 3.11 bits per heavy atom. The standard InChI is InChI=1S/C13H18N2O2S/c1-17-13(16)11-7-9(4-5-12(11)14)15-8-10-3-2-6-18-10/h4-5,7,10,15H,2-3,6,8,14H2,1H3. The van der Waals surface area contributed by atoms with E-state index in [0.29, 0.717) is 16.5 Å². The van der Waals surface area contributed by atoms with Crippen molar-refractivity contribution in [2.75, 3.05) is 30.5 Å². The van der Waals surface area contributed by atoms with Crippen molar-refractivity contribution in [3.05, 3.63) is 23.8 Å². The number of nitrogens with one attached hydrogen (secondary N) is 1. The minimum Gasteiger partial charge on any atom is -0.465 e. The van der Waals surface area contributed by atoms with Crippen molar-refractivity contribution in [3.63, 3.8) is 0 Å². The zero-order valence-electron chi connectivity index (χ0n) is 10.4. The molecule has 3 N–H and O–H groups in total. The fourth-order valence-electron chi connectivity index (χ4n) is 1.99. The lowest BCUT2D eigenvalue weighted by molar-refractivity contribution is 0.0602. The molecule has 0 bridgehead atoms. The summed E-state index contributed by atoms with van der Waals surface area (Å²) in [6.45, 7) is 0.926. The monoisotopic (exact) mass is 266 g/mol. The SMILES string of the molecule is COC(=O)c1cc(NCC2CCCS2)ccc1N. The number of carbonyl (C=O) groups is 1. The van der Waals surface area contributed by atoms with Crippen molar-refractivity contribution in [2.24, 2.45) is 0 Å². The fourth-order valence-corrected chi connectivity index (χ4v) is 3.19. The number of nitrogens with two attached hydrogens (primary N) is 1.